The summed E-state index contributed by atoms with van der Waals surface area (Å²) >= 11 is 0. The third-order valence-corrected chi connectivity index (χ3v) is 4.99. The molecular weight excluding hydrogens is 248 g/mol. The summed E-state index contributed by atoms with van der Waals surface area (Å²) in [6.07, 6.45) is 2.20. The number of ether oxygens (including phenoxy) is 1. The van der Waals surface area contributed by atoms with E-state index in [0.717, 1.165) is 44.8 Å². The summed E-state index contributed by atoms with van der Waals surface area (Å²) < 4.78 is 5.81. The summed E-state index contributed by atoms with van der Waals surface area (Å²) in [6.45, 7) is 10.3. The molecule has 0 saturated heterocycles. The molecule has 1 aliphatic heterocycles. The van der Waals surface area contributed by atoms with Crippen LogP contribution < -0.4 is 10.5 Å². The minimum absolute atomic E-state index is 0.131. The fourth-order valence-corrected chi connectivity index (χ4v) is 3.42. The predicted octanol–water partition coefficient (Wildman–Crippen LogP) is 3.00. The molecule has 2 rings (SSSR count). The first-order valence-electron chi connectivity index (χ1n) is 7.87. The zero-order chi connectivity index (χ0) is 14.6. The van der Waals surface area contributed by atoms with Crippen LogP contribution in [-0.4, -0.2) is 36.7 Å². The van der Waals surface area contributed by atoms with Gasteiger partial charge in [-0.15, -0.1) is 0 Å². The fraction of sp³-hybridized carbons (Fsp3) is 0.647. The second-order valence-electron chi connectivity index (χ2n) is 5.72. The molecule has 1 atom stereocenters. The lowest BCUT2D eigenvalue weighted by Gasteiger charge is -2.43. The lowest BCUT2D eigenvalue weighted by molar-refractivity contribution is 0.0804. The van der Waals surface area contributed by atoms with E-state index in [1.54, 1.807) is 0 Å². The maximum atomic E-state index is 6.10. The van der Waals surface area contributed by atoms with Crippen LogP contribution in [0.1, 0.15) is 45.1 Å². The lowest BCUT2D eigenvalue weighted by Crippen LogP contribution is -2.54. The molecule has 0 bridgehead atoms. The van der Waals surface area contributed by atoms with E-state index in [0.29, 0.717) is 5.92 Å². The number of para-hydroxylation sites is 1. The Morgan fingerprint density at radius 3 is 2.55 bits per heavy atom. The van der Waals surface area contributed by atoms with Gasteiger partial charge in [0.1, 0.15) is 5.75 Å². The van der Waals surface area contributed by atoms with Crippen LogP contribution in [-0.2, 0) is 0 Å². The van der Waals surface area contributed by atoms with Gasteiger partial charge in [0.2, 0.25) is 0 Å². The van der Waals surface area contributed by atoms with Crippen molar-refractivity contribution < 1.29 is 4.74 Å². The largest absolute Gasteiger partial charge is 0.493 e. The van der Waals surface area contributed by atoms with Gasteiger partial charge >= 0.3 is 0 Å². The number of fused-ring (bicyclic) bond motifs is 1. The van der Waals surface area contributed by atoms with Crippen molar-refractivity contribution in [3.05, 3.63) is 29.8 Å². The number of likely N-dealkylation sites (N-methyl/N-ethyl adjacent to an activating group) is 1. The van der Waals surface area contributed by atoms with Crippen LogP contribution in [0.4, 0.5) is 0 Å². The van der Waals surface area contributed by atoms with Crippen molar-refractivity contribution >= 4 is 0 Å². The SMILES string of the molecule is CCN(CC1COc2ccccc21)C(CC)(CC)CN. The maximum Gasteiger partial charge on any atom is 0.122 e. The Bertz CT molecular complexity index is 420. The first kappa shape index (κ1) is 15.3. The number of nitrogens with zero attached hydrogens (tertiary/aromatic N) is 1. The van der Waals surface area contributed by atoms with Crippen LogP contribution >= 0.6 is 0 Å². The molecule has 1 aromatic rings. The molecule has 3 heteroatoms. The van der Waals surface area contributed by atoms with Crippen molar-refractivity contribution in [3.8, 4) is 5.75 Å². The van der Waals surface area contributed by atoms with Gasteiger partial charge in [0, 0.05) is 30.1 Å². The standard InChI is InChI=1S/C17H28N2O/c1-4-17(5-2,13-18)19(6-3)11-14-12-20-16-10-8-7-9-15(14)16/h7-10,14H,4-6,11-13,18H2,1-3H3. The fourth-order valence-electron chi connectivity index (χ4n) is 3.42. The van der Waals surface area contributed by atoms with Gasteiger partial charge in [0.25, 0.3) is 0 Å². The molecule has 1 aliphatic rings. The minimum atomic E-state index is 0.131. The average Bonchev–Trinajstić information content (AvgIpc) is 2.91. The molecule has 2 N–H and O–H groups in total. The van der Waals surface area contributed by atoms with Crippen molar-refractivity contribution in [2.24, 2.45) is 5.73 Å². The Labute approximate surface area is 123 Å². The summed E-state index contributed by atoms with van der Waals surface area (Å²) in [4.78, 5) is 2.56. The second kappa shape index (κ2) is 6.59. The molecule has 1 heterocycles. The monoisotopic (exact) mass is 276 g/mol. The summed E-state index contributed by atoms with van der Waals surface area (Å²) in [6, 6.07) is 8.41. The molecule has 0 spiro atoms. The van der Waals surface area contributed by atoms with Crippen molar-refractivity contribution in [2.75, 3.05) is 26.2 Å². The summed E-state index contributed by atoms with van der Waals surface area (Å²) in [5.74, 6) is 1.52. The molecular formula is C17H28N2O. The summed E-state index contributed by atoms with van der Waals surface area (Å²) in [5.41, 5.74) is 7.58. The van der Waals surface area contributed by atoms with Gasteiger partial charge in [-0.3, -0.25) is 4.90 Å². The van der Waals surface area contributed by atoms with E-state index in [4.69, 9.17) is 10.5 Å². The number of nitrogens with two attached hydrogens (primary N) is 1. The third kappa shape index (κ3) is 2.70. The molecule has 3 nitrogen and oxygen atoms in total. The Kier molecular flexibility index (Phi) is 5.06. The van der Waals surface area contributed by atoms with Gasteiger partial charge in [-0.2, -0.15) is 0 Å². The highest BCUT2D eigenvalue weighted by Gasteiger charge is 2.34. The third-order valence-electron chi connectivity index (χ3n) is 4.99. The van der Waals surface area contributed by atoms with Crippen LogP contribution in [0, 0.1) is 0 Å². The van der Waals surface area contributed by atoms with E-state index in [1.165, 1.54) is 5.56 Å². The number of benzene rings is 1. The molecule has 0 aromatic heterocycles. The van der Waals surface area contributed by atoms with E-state index in [-0.39, 0.29) is 5.54 Å². The minimum Gasteiger partial charge on any atom is -0.493 e. The van der Waals surface area contributed by atoms with Crippen molar-refractivity contribution in [1.82, 2.24) is 4.90 Å². The van der Waals surface area contributed by atoms with Crippen LogP contribution in [0.25, 0.3) is 0 Å². The van der Waals surface area contributed by atoms with Crippen molar-refractivity contribution in [3.63, 3.8) is 0 Å². The Balaban J connectivity index is 2.15. The Morgan fingerprint density at radius 1 is 1.25 bits per heavy atom. The summed E-state index contributed by atoms with van der Waals surface area (Å²) in [5, 5.41) is 0. The van der Waals surface area contributed by atoms with Gasteiger partial charge in [-0.1, -0.05) is 39.0 Å². The molecule has 0 saturated carbocycles. The van der Waals surface area contributed by atoms with Crippen molar-refractivity contribution in [1.29, 1.82) is 0 Å². The molecule has 1 aromatic carbocycles. The van der Waals surface area contributed by atoms with Crippen LogP contribution in [0.15, 0.2) is 24.3 Å². The highest BCUT2D eigenvalue weighted by molar-refractivity contribution is 5.39. The van der Waals surface area contributed by atoms with Crippen LogP contribution in [0.5, 0.6) is 5.75 Å². The van der Waals surface area contributed by atoms with Gasteiger partial charge in [-0.05, 0) is 25.5 Å². The number of hydrogen-bond acceptors (Lipinski definition) is 3. The van der Waals surface area contributed by atoms with Crippen LogP contribution in [0.3, 0.4) is 0 Å². The van der Waals surface area contributed by atoms with E-state index in [1.807, 2.05) is 6.07 Å². The van der Waals surface area contributed by atoms with Crippen LogP contribution in [0.2, 0.25) is 0 Å². The second-order valence-corrected chi connectivity index (χ2v) is 5.72. The van der Waals surface area contributed by atoms with E-state index in [2.05, 4.69) is 43.9 Å². The first-order chi connectivity index (χ1) is 9.70. The predicted molar refractivity (Wildman–Crippen MR) is 84.3 cm³/mol. The Hall–Kier alpha value is -1.06. The molecule has 0 fully saturated rings. The average molecular weight is 276 g/mol. The normalized spacial score (nSPS) is 18.1. The molecule has 20 heavy (non-hydrogen) atoms. The van der Waals surface area contributed by atoms with Gasteiger partial charge in [0.15, 0.2) is 0 Å². The van der Waals surface area contributed by atoms with Gasteiger partial charge in [0.05, 0.1) is 6.61 Å². The Morgan fingerprint density at radius 2 is 1.95 bits per heavy atom. The molecule has 0 aliphatic carbocycles. The topological polar surface area (TPSA) is 38.5 Å². The highest BCUT2D eigenvalue weighted by Crippen LogP contribution is 2.35. The lowest BCUT2D eigenvalue weighted by atomic mass is 9.88. The van der Waals surface area contributed by atoms with E-state index >= 15 is 0 Å². The quantitative estimate of drug-likeness (QED) is 0.832. The number of hydrogen-bond donors (Lipinski definition) is 1. The smallest absolute Gasteiger partial charge is 0.122 e. The molecule has 1 unspecified atom stereocenters. The van der Waals surface area contributed by atoms with Crippen molar-refractivity contribution in [2.45, 2.75) is 45.1 Å². The van der Waals surface area contributed by atoms with E-state index in [9.17, 15) is 0 Å². The van der Waals surface area contributed by atoms with Gasteiger partial charge in [-0.25, -0.2) is 0 Å². The number of rotatable bonds is 7. The molecule has 0 amide bonds. The zero-order valence-corrected chi connectivity index (χ0v) is 13.1. The van der Waals surface area contributed by atoms with E-state index < -0.39 is 0 Å². The molecule has 0 radical (unpaired) electrons. The first-order valence-corrected chi connectivity index (χ1v) is 7.87. The van der Waals surface area contributed by atoms with Gasteiger partial charge < -0.3 is 10.5 Å². The molecule has 112 valence electrons. The maximum absolute atomic E-state index is 6.10. The highest BCUT2D eigenvalue weighted by atomic mass is 16.5. The summed E-state index contributed by atoms with van der Waals surface area (Å²) in [7, 11) is 0. The zero-order valence-electron chi connectivity index (χ0n) is 13.1.